The SMILES string of the molecule is CC(=O)c1c(C)c2cnc(Nc3ccc(N4CCN(CC(=O)NCCOCCOCCOCCOCCOCCNc5ccc(C(=O)NC6=NCC(C7CC7)S6)c(C)c5)CC4)cn3)nc2n(C2CCCC2)c1=O. The van der Waals surface area contributed by atoms with Crippen molar-refractivity contribution in [3.8, 4) is 0 Å². The Hall–Kier alpha value is -5.55. The van der Waals surface area contributed by atoms with Gasteiger partial charge in [0.15, 0.2) is 11.0 Å². The summed E-state index contributed by atoms with van der Waals surface area (Å²) in [7, 11) is 0. The average molecular weight is 1030 g/mol. The molecule has 5 heterocycles. The zero-order valence-corrected chi connectivity index (χ0v) is 43.3. The first-order valence-electron chi connectivity index (χ1n) is 25.8. The molecule has 3 fully saturated rings. The number of nitrogens with zero attached hydrogens (tertiary/aromatic N) is 7. The summed E-state index contributed by atoms with van der Waals surface area (Å²) < 4.78 is 29.8. The maximum Gasteiger partial charge on any atom is 0.263 e. The number of ether oxygens (including phenoxy) is 5. The number of piperazine rings is 1. The van der Waals surface area contributed by atoms with E-state index in [2.05, 4.69) is 46.0 Å². The molecule has 394 valence electrons. The standard InChI is InChI=1S/C52H71N11O9S/c1-35-30-39(10-12-42(35)49(66)60-52-57-33-44(73-52)38-8-9-38)53-14-20-68-22-24-70-26-28-72-29-27-71-25-23-69-21-15-54-46(65)34-61-16-18-62(19-17-61)41-11-13-45(55-31-41)58-51-56-32-43-36(2)47(37(3)64)50(67)63(48(43)59-51)40-6-4-5-7-40/h10-13,30-32,38,40,44,53H,4-9,14-29,33-34H2,1-3H3,(H,54,65)(H,57,60,66)(H,55,56,58,59). The van der Waals surface area contributed by atoms with E-state index in [1.165, 1.54) is 19.8 Å². The van der Waals surface area contributed by atoms with E-state index in [4.69, 9.17) is 28.7 Å². The highest BCUT2D eigenvalue weighted by atomic mass is 32.2. The number of ketones is 1. The Labute approximate surface area is 431 Å². The fourth-order valence-electron chi connectivity index (χ4n) is 9.37. The van der Waals surface area contributed by atoms with Crippen LogP contribution < -0.4 is 31.7 Å². The van der Waals surface area contributed by atoms with Crippen LogP contribution in [0.1, 0.15) is 83.3 Å². The Bertz CT molecular complexity index is 2580. The Balaban J connectivity index is 0.595. The molecule has 2 saturated carbocycles. The molecule has 21 heteroatoms. The summed E-state index contributed by atoms with van der Waals surface area (Å²) in [6, 6.07) is 9.61. The maximum absolute atomic E-state index is 13.6. The zero-order chi connectivity index (χ0) is 50.9. The molecule has 1 atom stereocenters. The van der Waals surface area contributed by atoms with Gasteiger partial charge in [-0.25, -0.2) is 9.97 Å². The third kappa shape index (κ3) is 15.5. The molecule has 4 aliphatic rings. The van der Waals surface area contributed by atoms with Crippen LogP contribution in [0.3, 0.4) is 0 Å². The minimum Gasteiger partial charge on any atom is -0.383 e. The molecule has 2 aliphatic carbocycles. The number of anilines is 4. The van der Waals surface area contributed by atoms with Crippen LogP contribution in [0.2, 0.25) is 0 Å². The van der Waals surface area contributed by atoms with Crippen molar-refractivity contribution in [3.05, 3.63) is 75.3 Å². The van der Waals surface area contributed by atoms with Crippen molar-refractivity contribution in [1.82, 2.24) is 35.1 Å². The number of carbonyl (C=O) groups is 3. The van der Waals surface area contributed by atoms with E-state index in [0.717, 1.165) is 86.4 Å². The molecular weight excluding hydrogens is 955 g/mol. The summed E-state index contributed by atoms with van der Waals surface area (Å²) in [6.45, 7) is 14.9. The topological polar surface area (TPSA) is 225 Å². The van der Waals surface area contributed by atoms with Crippen molar-refractivity contribution < 1.29 is 38.1 Å². The average Bonchev–Trinajstić information content (AvgIpc) is 3.88. The number of thioether (sulfide) groups is 1. The van der Waals surface area contributed by atoms with Gasteiger partial charge in [-0.1, -0.05) is 24.6 Å². The second-order valence-electron chi connectivity index (χ2n) is 18.9. The second-order valence-corrected chi connectivity index (χ2v) is 20.1. The summed E-state index contributed by atoms with van der Waals surface area (Å²) >= 11 is 1.70. The molecular formula is C52H71N11O9S. The first kappa shape index (κ1) is 53.7. The van der Waals surface area contributed by atoms with Gasteiger partial charge in [-0.05, 0) is 93.8 Å². The van der Waals surface area contributed by atoms with Crippen LogP contribution in [-0.4, -0.2) is 171 Å². The van der Waals surface area contributed by atoms with Crippen molar-refractivity contribution >= 4 is 68.7 Å². The van der Waals surface area contributed by atoms with Gasteiger partial charge in [0.1, 0.15) is 11.5 Å². The van der Waals surface area contributed by atoms with Crippen LogP contribution in [0, 0.1) is 19.8 Å². The number of pyridine rings is 2. The largest absolute Gasteiger partial charge is 0.383 e. The predicted octanol–water partition coefficient (Wildman–Crippen LogP) is 4.91. The number of Topliss-reactive ketones (excluding diaryl/α,β-unsaturated/α-hetero) is 1. The lowest BCUT2D eigenvalue weighted by Crippen LogP contribution is -2.49. The van der Waals surface area contributed by atoms with Crippen molar-refractivity contribution in [1.29, 1.82) is 0 Å². The molecule has 0 bridgehead atoms. The molecule has 8 rings (SSSR count). The monoisotopic (exact) mass is 1030 g/mol. The van der Waals surface area contributed by atoms with Crippen LogP contribution in [0.15, 0.2) is 52.5 Å². The molecule has 73 heavy (non-hydrogen) atoms. The number of aryl methyl sites for hydroxylation is 2. The Morgan fingerprint density at radius 1 is 0.781 bits per heavy atom. The number of nitrogens with one attached hydrogen (secondary N) is 4. The highest BCUT2D eigenvalue weighted by molar-refractivity contribution is 8.14. The summed E-state index contributed by atoms with van der Waals surface area (Å²) in [4.78, 5) is 74.3. The number of hydrogen-bond acceptors (Lipinski definition) is 18. The fraction of sp³-hybridized carbons (Fsp3) is 0.577. The molecule has 2 amide bonds. The van der Waals surface area contributed by atoms with Crippen LogP contribution in [-0.2, 0) is 28.5 Å². The zero-order valence-electron chi connectivity index (χ0n) is 42.5. The molecule has 0 spiro atoms. The first-order valence-corrected chi connectivity index (χ1v) is 26.6. The summed E-state index contributed by atoms with van der Waals surface area (Å²) in [5, 5.41) is 14.4. The number of benzene rings is 1. The van der Waals surface area contributed by atoms with Gasteiger partial charge in [0.2, 0.25) is 11.9 Å². The van der Waals surface area contributed by atoms with Gasteiger partial charge in [-0.2, -0.15) is 4.98 Å². The third-order valence-electron chi connectivity index (χ3n) is 13.5. The highest BCUT2D eigenvalue weighted by Crippen LogP contribution is 2.41. The molecule has 1 unspecified atom stereocenters. The Morgan fingerprint density at radius 3 is 2.08 bits per heavy atom. The first-order chi connectivity index (χ1) is 35.6. The second kappa shape index (κ2) is 27.1. The quantitative estimate of drug-likeness (QED) is 0.0438. The van der Waals surface area contributed by atoms with E-state index >= 15 is 0 Å². The van der Waals surface area contributed by atoms with Gasteiger partial charge in [-0.15, -0.1) is 0 Å². The summed E-state index contributed by atoms with van der Waals surface area (Å²) in [5.74, 6) is 1.25. The molecule has 4 aromatic rings. The number of fused-ring (bicyclic) bond motifs is 1. The minimum atomic E-state index is -0.283. The van der Waals surface area contributed by atoms with Crippen LogP contribution in [0.5, 0.6) is 0 Å². The van der Waals surface area contributed by atoms with Gasteiger partial charge in [-0.3, -0.25) is 33.6 Å². The van der Waals surface area contributed by atoms with Gasteiger partial charge >= 0.3 is 0 Å². The molecule has 2 aliphatic heterocycles. The van der Waals surface area contributed by atoms with Gasteiger partial charge in [0.05, 0.1) is 96.6 Å². The lowest BCUT2D eigenvalue weighted by Gasteiger charge is -2.35. The number of aromatic nitrogens is 4. The predicted molar refractivity (Wildman–Crippen MR) is 283 cm³/mol. The highest BCUT2D eigenvalue weighted by Gasteiger charge is 2.36. The molecule has 3 aromatic heterocycles. The Morgan fingerprint density at radius 2 is 1.45 bits per heavy atom. The van der Waals surface area contributed by atoms with E-state index in [9.17, 15) is 19.2 Å². The van der Waals surface area contributed by atoms with E-state index in [1.807, 2.05) is 43.5 Å². The lowest BCUT2D eigenvalue weighted by molar-refractivity contribution is -0.122. The van der Waals surface area contributed by atoms with Crippen LogP contribution in [0.4, 0.5) is 23.1 Å². The molecule has 4 N–H and O–H groups in total. The van der Waals surface area contributed by atoms with E-state index in [-0.39, 0.29) is 34.8 Å². The lowest BCUT2D eigenvalue weighted by atomic mass is 10.0. The maximum atomic E-state index is 13.6. The van der Waals surface area contributed by atoms with E-state index in [1.54, 1.807) is 29.4 Å². The number of rotatable bonds is 28. The summed E-state index contributed by atoms with van der Waals surface area (Å²) in [5.41, 5.74) is 4.53. The minimum absolute atomic E-state index is 0.000294. The van der Waals surface area contributed by atoms with Gasteiger partial charge in [0.25, 0.3) is 11.5 Å². The number of amidine groups is 1. The van der Waals surface area contributed by atoms with E-state index in [0.29, 0.717) is 125 Å². The normalized spacial score (nSPS) is 17.3. The number of hydrogen-bond donors (Lipinski definition) is 4. The van der Waals surface area contributed by atoms with Crippen LogP contribution >= 0.6 is 11.8 Å². The van der Waals surface area contributed by atoms with Crippen molar-refractivity contribution in [3.63, 3.8) is 0 Å². The van der Waals surface area contributed by atoms with Crippen LogP contribution in [0.25, 0.3) is 11.0 Å². The number of amides is 2. The fourth-order valence-corrected chi connectivity index (χ4v) is 10.6. The number of carbonyl (C=O) groups excluding carboxylic acids is 3. The number of aliphatic imine (C=N–C) groups is 1. The molecule has 20 nitrogen and oxygen atoms in total. The van der Waals surface area contributed by atoms with Crippen molar-refractivity contribution in [2.75, 3.05) is 134 Å². The van der Waals surface area contributed by atoms with Crippen molar-refractivity contribution in [2.24, 2.45) is 10.9 Å². The molecule has 1 aromatic carbocycles. The summed E-state index contributed by atoms with van der Waals surface area (Å²) in [6.07, 6.45) is 9.86. The van der Waals surface area contributed by atoms with Crippen molar-refractivity contribution in [2.45, 2.75) is 70.6 Å². The third-order valence-corrected chi connectivity index (χ3v) is 14.8. The van der Waals surface area contributed by atoms with Gasteiger partial charge in [0, 0.05) is 73.4 Å². The molecule has 1 saturated heterocycles. The van der Waals surface area contributed by atoms with Gasteiger partial charge < -0.3 is 49.9 Å². The van der Waals surface area contributed by atoms with E-state index < -0.39 is 0 Å². The Kier molecular flexibility index (Phi) is 20.0. The smallest absolute Gasteiger partial charge is 0.263 e. The molecule has 0 radical (unpaired) electrons.